The Bertz CT molecular complexity index is 448. The van der Waals surface area contributed by atoms with Gasteiger partial charge in [0.2, 0.25) is 0 Å². The highest BCUT2D eigenvalue weighted by molar-refractivity contribution is 5.78. The Balaban J connectivity index is 2.52. The van der Waals surface area contributed by atoms with E-state index < -0.39 is 11.5 Å². The van der Waals surface area contributed by atoms with Gasteiger partial charge in [-0.15, -0.1) is 0 Å². The summed E-state index contributed by atoms with van der Waals surface area (Å²) in [6.07, 6.45) is 1.45. The van der Waals surface area contributed by atoms with Crippen molar-refractivity contribution in [3.63, 3.8) is 0 Å². The fourth-order valence-electron chi connectivity index (χ4n) is 2.33. The van der Waals surface area contributed by atoms with E-state index >= 15 is 0 Å². The molecule has 0 heterocycles. The maximum atomic E-state index is 11.3. The number of nitrogens with zero attached hydrogens (tertiary/aromatic N) is 1. The second-order valence-electron chi connectivity index (χ2n) is 5.53. The molecule has 0 aliphatic carbocycles. The van der Waals surface area contributed by atoms with Crippen LogP contribution in [0.1, 0.15) is 32.3 Å². The minimum atomic E-state index is -0.831. The third-order valence-corrected chi connectivity index (χ3v) is 3.65. The molecule has 0 amide bonds. The number of carboxylic acids is 1. The maximum absolute atomic E-state index is 11.3. The van der Waals surface area contributed by atoms with Crippen LogP contribution in [0.3, 0.4) is 0 Å². The number of carbonyl (C=O) groups is 1. The van der Waals surface area contributed by atoms with Crippen LogP contribution < -0.4 is 10.2 Å². The zero-order chi connectivity index (χ0) is 15.2. The standard InChI is InChI=1S/C16H26N2O2/c1-5-17-16(3,15(19)20)10-7-11-18(4)14-9-6-8-13(2)12-14/h6,8-9,12,17H,5,7,10-11H2,1-4H3,(H,19,20). The lowest BCUT2D eigenvalue weighted by atomic mass is 9.95. The number of anilines is 1. The first kappa shape index (κ1) is 16.5. The first-order valence-electron chi connectivity index (χ1n) is 7.15. The summed E-state index contributed by atoms with van der Waals surface area (Å²) in [5.41, 5.74) is 1.57. The predicted molar refractivity (Wildman–Crippen MR) is 83.4 cm³/mol. The van der Waals surface area contributed by atoms with Gasteiger partial charge in [0.05, 0.1) is 0 Å². The van der Waals surface area contributed by atoms with Gasteiger partial charge in [-0.25, -0.2) is 0 Å². The second-order valence-corrected chi connectivity index (χ2v) is 5.53. The summed E-state index contributed by atoms with van der Waals surface area (Å²) in [5, 5.41) is 12.4. The number of likely N-dealkylation sites (N-methyl/N-ethyl adjacent to an activating group) is 1. The van der Waals surface area contributed by atoms with Gasteiger partial charge in [0.1, 0.15) is 5.54 Å². The Morgan fingerprint density at radius 3 is 2.70 bits per heavy atom. The number of aryl methyl sites for hydroxylation is 1. The average Bonchev–Trinajstić information content (AvgIpc) is 2.38. The molecular weight excluding hydrogens is 252 g/mol. The van der Waals surface area contributed by atoms with Crippen molar-refractivity contribution in [2.75, 3.05) is 25.0 Å². The molecule has 0 saturated heterocycles. The summed E-state index contributed by atoms with van der Waals surface area (Å²) in [6.45, 7) is 7.27. The van der Waals surface area contributed by atoms with Crippen LogP contribution in [0, 0.1) is 6.92 Å². The zero-order valence-electron chi connectivity index (χ0n) is 12.9. The second kappa shape index (κ2) is 7.29. The Morgan fingerprint density at radius 2 is 2.15 bits per heavy atom. The third-order valence-electron chi connectivity index (χ3n) is 3.65. The molecule has 1 unspecified atom stereocenters. The highest BCUT2D eigenvalue weighted by Gasteiger charge is 2.31. The largest absolute Gasteiger partial charge is 0.480 e. The molecule has 1 atom stereocenters. The first-order valence-corrected chi connectivity index (χ1v) is 7.15. The molecular formula is C16H26N2O2. The number of carboxylic acid groups (broad SMARTS) is 1. The van der Waals surface area contributed by atoms with Crippen molar-refractivity contribution in [1.29, 1.82) is 0 Å². The molecule has 0 spiro atoms. The summed E-state index contributed by atoms with van der Waals surface area (Å²) in [5.74, 6) is -0.780. The van der Waals surface area contributed by atoms with Crippen LogP contribution in [0.15, 0.2) is 24.3 Å². The van der Waals surface area contributed by atoms with E-state index in [1.165, 1.54) is 11.3 Å². The molecule has 4 heteroatoms. The number of hydrogen-bond acceptors (Lipinski definition) is 3. The van der Waals surface area contributed by atoms with Gasteiger partial charge in [-0.1, -0.05) is 19.1 Å². The Labute approximate surface area is 121 Å². The Hall–Kier alpha value is -1.55. The van der Waals surface area contributed by atoms with Crippen molar-refractivity contribution in [3.05, 3.63) is 29.8 Å². The molecule has 112 valence electrons. The van der Waals surface area contributed by atoms with Crippen molar-refractivity contribution in [1.82, 2.24) is 5.32 Å². The predicted octanol–water partition coefficient (Wildman–Crippen LogP) is 2.66. The monoisotopic (exact) mass is 278 g/mol. The molecule has 2 N–H and O–H groups in total. The molecule has 0 saturated carbocycles. The minimum Gasteiger partial charge on any atom is -0.480 e. The molecule has 0 aliphatic rings. The molecule has 4 nitrogen and oxygen atoms in total. The van der Waals surface area contributed by atoms with Gasteiger partial charge in [0.15, 0.2) is 0 Å². The lowest BCUT2D eigenvalue weighted by molar-refractivity contribution is -0.144. The SMILES string of the molecule is CCNC(C)(CCCN(C)c1cccc(C)c1)C(=O)O. The maximum Gasteiger partial charge on any atom is 0.323 e. The van der Waals surface area contributed by atoms with E-state index in [2.05, 4.69) is 35.3 Å². The number of benzene rings is 1. The number of hydrogen-bond donors (Lipinski definition) is 2. The smallest absolute Gasteiger partial charge is 0.323 e. The van der Waals surface area contributed by atoms with Gasteiger partial charge in [-0.05, 0) is 50.9 Å². The Kier molecular flexibility index (Phi) is 6.02. The first-order chi connectivity index (χ1) is 9.39. The van der Waals surface area contributed by atoms with Crippen molar-refractivity contribution < 1.29 is 9.90 Å². The van der Waals surface area contributed by atoms with Crippen molar-refractivity contribution in [3.8, 4) is 0 Å². The summed E-state index contributed by atoms with van der Waals surface area (Å²) >= 11 is 0. The van der Waals surface area contributed by atoms with Crippen LogP contribution >= 0.6 is 0 Å². The zero-order valence-corrected chi connectivity index (χ0v) is 12.9. The van der Waals surface area contributed by atoms with E-state index in [0.29, 0.717) is 13.0 Å². The summed E-state index contributed by atoms with van der Waals surface area (Å²) in [6, 6.07) is 8.33. The minimum absolute atomic E-state index is 0.617. The fraction of sp³-hybridized carbons (Fsp3) is 0.562. The topological polar surface area (TPSA) is 52.6 Å². The van der Waals surface area contributed by atoms with Crippen molar-refractivity contribution in [2.45, 2.75) is 39.2 Å². The number of nitrogens with one attached hydrogen (secondary N) is 1. The normalized spacial score (nSPS) is 13.8. The summed E-state index contributed by atoms with van der Waals surface area (Å²) in [4.78, 5) is 13.5. The van der Waals surface area contributed by atoms with E-state index in [-0.39, 0.29) is 0 Å². The highest BCUT2D eigenvalue weighted by Crippen LogP contribution is 2.17. The lowest BCUT2D eigenvalue weighted by Gasteiger charge is -2.27. The Morgan fingerprint density at radius 1 is 1.45 bits per heavy atom. The van der Waals surface area contributed by atoms with E-state index in [1.54, 1.807) is 6.92 Å². The van der Waals surface area contributed by atoms with Gasteiger partial charge < -0.3 is 15.3 Å². The summed E-state index contributed by atoms with van der Waals surface area (Å²) < 4.78 is 0. The van der Waals surface area contributed by atoms with E-state index in [4.69, 9.17) is 0 Å². The lowest BCUT2D eigenvalue weighted by Crippen LogP contribution is -2.49. The summed E-state index contributed by atoms with van der Waals surface area (Å²) in [7, 11) is 2.04. The van der Waals surface area contributed by atoms with Gasteiger partial charge >= 0.3 is 5.97 Å². The molecule has 20 heavy (non-hydrogen) atoms. The van der Waals surface area contributed by atoms with Gasteiger partial charge in [-0.2, -0.15) is 0 Å². The van der Waals surface area contributed by atoms with Crippen LogP contribution in [-0.2, 0) is 4.79 Å². The molecule has 1 rings (SSSR count). The van der Waals surface area contributed by atoms with Gasteiger partial charge in [-0.3, -0.25) is 4.79 Å². The molecule has 0 fully saturated rings. The molecule has 1 aromatic carbocycles. The molecule has 0 bridgehead atoms. The van der Waals surface area contributed by atoms with Crippen LogP contribution in [0.2, 0.25) is 0 Å². The highest BCUT2D eigenvalue weighted by atomic mass is 16.4. The number of rotatable bonds is 8. The van der Waals surface area contributed by atoms with Crippen LogP contribution in [-0.4, -0.2) is 36.8 Å². The van der Waals surface area contributed by atoms with Crippen LogP contribution in [0.4, 0.5) is 5.69 Å². The van der Waals surface area contributed by atoms with E-state index in [1.807, 2.05) is 20.0 Å². The van der Waals surface area contributed by atoms with Gasteiger partial charge in [0.25, 0.3) is 0 Å². The molecule has 0 aliphatic heterocycles. The molecule has 0 radical (unpaired) electrons. The average molecular weight is 278 g/mol. The third kappa shape index (κ3) is 4.53. The van der Waals surface area contributed by atoms with Crippen LogP contribution in [0.25, 0.3) is 0 Å². The van der Waals surface area contributed by atoms with Crippen LogP contribution in [0.5, 0.6) is 0 Å². The van der Waals surface area contributed by atoms with Crippen molar-refractivity contribution >= 4 is 11.7 Å². The molecule has 0 aromatic heterocycles. The van der Waals surface area contributed by atoms with E-state index in [0.717, 1.165) is 13.0 Å². The fourth-order valence-corrected chi connectivity index (χ4v) is 2.33. The number of aliphatic carboxylic acids is 1. The molecule has 1 aromatic rings. The van der Waals surface area contributed by atoms with Crippen molar-refractivity contribution in [2.24, 2.45) is 0 Å². The quantitative estimate of drug-likeness (QED) is 0.767. The van der Waals surface area contributed by atoms with Gasteiger partial charge in [0, 0.05) is 19.3 Å². The van der Waals surface area contributed by atoms with E-state index in [9.17, 15) is 9.90 Å².